The molecular formula is C16H28N2O3. The predicted octanol–water partition coefficient (Wildman–Crippen LogP) is 2.41. The Morgan fingerprint density at radius 2 is 1.95 bits per heavy atom. The van der Waals surface area contributed by atoms with Crippen LogP contribution in [-0.2, 0) is 14.2 Å². The van der Waals surface area contributed by atoms with E-state index in [9.17, 15) is 0 Å². The van der Waals surface area contributed by atoms with Crippen molar-refractivity contribution in [1.82, 2.24) is 5.01 Å². The van der Waals surface area contributed by atoms with E-state index in [1.54, 1.807) is 7.11 Å². The zero-order valence-corrected chi connectivity index (χ0v) is 13.3. The lowest BCUT2D eigenvalue weighted by Crippen LogP contribution is -2.40. The highest BCUT2D eigenvalue weighted by molar-refractivity contribution is 5.65. The van der Waals surface area contributed by atoms with E-state index >= 15 is 0 Å². The lowest BCUT2D eigenvalue weighted by Gasteiger charge is -2.39. The van der Waals surface area contributed by atoms with E-state index in [0.29, 0.717) is 6.04 Å². The minimum absolute atomic E-state index is 0.167. The van der Waals surface area contributed by atoms with Crippen molar-refractivity contribution in [1.29, 1.82) is 0 Å². The van der Waals surface area contributed by atoms with Crippen LogP contribution in [-0.4, -0.2) is 56.5 Å². The summed E-state index contributed by atoms with van der Waals surface area (Å²) in [5, 5.41) is 6.99. The van der Waals surface area contributed by atoms with Crippen molar-refractivity contribution < 1.29 is 14.2 Å². The van der Waals surface area contributed by atoms with Crippen molar-refractivity contribution in [3.63, 3.8) is 0 Å². The molecule has 1 atom stereocenters. The molecular weight excluding hydrogens is 268 g/mol. The van der Waals surface area contributed by atoms with Crippen LogP contribution in [0, 0.1) is 5.41 Å². The molecule has 120 valence electrons. The molecule has 2 aliphatic heterocycles. The molecule has 5 nitrogen and oxygen atoms in total. The maximum absolute atomic E-state index is 5.81. The number of hydrogen-bond acceptors (Lipinski definition) is 5. The van der Waals surface area contributed by atoms with Crippen LogP contribution in [0.3, 0.4) is 0 Å². The van der Waals surface area contributed by atoms with Gasteiger partial charge in [-0.05, 0) is 25.7 Å². The lowest BCUT2D eigenvalue weighted by atomic mass is 9.74. The number of methoxy groups -OCH3 is 1. The second-order valence-electron chi connectivity index (χ2n) is 6.92. The molecule has 0 unspecified atom stereocenters. The summed E-state index contributed by atoms with van der Waals surface area (Å²) in [5.41, 5.74) is 0.167. The predicted molar refractivity (Wildman–Crippen MR) is 81.3 cm³/mol. The molecule has 3 rings (SSSR count). The van der Waals surface area contributed by atoms with Gasteiger partial charge in [-0.25, -0.2) is 0 Å². The number of ether oxygens (including phenoxy) is 3. The fourth-order valence-corrected chi connectivity index (χ4v) is 3.66. The van der Waals surface area contributed by atoms with Crippen molar-refractivity contribution in [2.75, 3.05) is 33.5 Å². The van der Waals surface area contributed by atoms with Gasteiger partial charge in [0, 0.05) is 38.1 Å². The molecule has 0 aromatic heterocycles. The summed E-state index contributed by atoms with van der Waals surface area (Å²) in [6.45, 7) is 5.63. The summed E-state index contributed by atoms with van der Waals surface area (Å²) in [5.74, 6) is -0.278. The van der Waals surface area contributed by atoms with Gasteiger partial charge in [-0.2, -0.15) is 5.10 Å². The quantitative estimate of drug-likeness (QED) is 0.747. The number of nitrogens with zero attached hydrogens (tertiary/aromatic N) is 2. The molecule has 1 aliphatic carbocycles. The molecule has 1 saturated carbocycles. The minimum atomic E-state index is -0.278. The normalized spacial score (nSPS) is 31.5. The Hall–Kier alpha value is -0.650. The first-order valence-corrected chi connectivity index (χ1v) is 8.23. The Kier molecular flexibility index (Phi) is 4.52. The molecule has 2 heterocycles. The monoisotopic (exact) mass is 296 g/mol. The highest BCUT2D eigenvalue weighted by Crippen LogP contribution is 2.43. The number of hydrogen-bond donors (Lipinski definition) is 0. The fraction of sp³-hybridized carbons (Fsp3) is 0.938. The maximum atomic E-state index is 5.81. The van der Waals surface area contributed by atoms with E-state index in [2.05, 4.69) is 18.1 Å². The van der Waals surface area contributed by atoms with Gasteiger partial charge in [0.15, 0.2) is 5.79 Å². The van der Waals surface area contributed by atoms with Gasteiger partial charge in [-0.1, -0.05) is 6.92 Å². The van der Waals surface area contributed by atoms with Crippen molar-refractivity contribution >= 4 is 6.21 Å². The minimum Gasteiger partial charge on any atom is -0.382 e. The van der Waals surface area contributed by atoms with Crippen molar-refractivity contribution in [2.45, 2.75) is 57.3 Å². The van der Waals surface area contributed by atoms with Gasteiger partial charge in [0.25, 0.3) is 0 Å². The van der Waals surface area contributed by atoms with E-state index < -0.39 is 0 Å². The van der Waals surface area contributed by atoms with E-state index in [-0.39, 0.29) is 11.2 Å². The largest absolute Gasteiger partial charge is 0.382 e. The summed E-state index contributed by atoms with van der Waals surface area (Å²) >= 11 is 0. The molecule has 0 aromatic rings. The van der Waals surface area contributed by atoms with E-state index in [1.807, 2.05) is 0 Å². The van der Waals surface area contributed by atoms with Crippen LogP contribution in [0.5, 0.6) is 0 Å². The zero-order chi connectivity index (χ0) is 14.8. The number of rotatable bonds is 4. The van der Waals surface area contributed by atoms with Gasteiger partial charge >= 0.3 is 0 Å². The second kappa shape index (κ2) is 6.23. The van der Waals surface area contributed by atoms with Gasteiger partial charge < -0.3 is 14.2 Å². The smallest absolute Gasteiger partial charge is 0.168 e. The molecule has 0 aromatic carbocycles. The summed E-state index contributed by atoms with van der Waals surface area (Å²) in [7, 11) is 1.77. The van der Waals surface area contributed by atoms with Crippen LogP contribution in [0.25, 0.3) is 0 Å². The molecule has 3 fully saturated rings. The summed E-state index contributed by atoms with van der Waals surface area (Å²) in [6.07, 6.45) is 8.70. The van der Waals surface area contributed by atoms with Crippen LogP contribution >= 0.6 is 0 Å². The third-order valence-electron chi connectivity index (χ3n) is 5.19. The van der Waals surface area contributed by atoms with E-state index in [0.717, 1.165) is 52.0 Å². The fourth-order valence-electron chi connectivity index (χ4n) is 3.66. The van der Waals surface area contributed by atoms with Crippen molar-refractivity contribution in [3.8, 4) is 0 Å². The Morgan fingerprint density at radius 1 is 1.24 bits per heavy atom. The molecule has 5 heteroatoms. The van der Waals surface area contributed by atoms with Crippen molar-refractivity contribution in [3.05, 3.63) is 0 Å². The molecule has 3 aliphatic rings. The van der Waals surface area contributed by atoms with Crippen molar-refractivity contribution in [2.24, 2.45) is 10.5 Å². The topological polar surface area (TPSA) is 43.3 Å². The van der Waals surface area contributed by atoms with Crippen LogP contribution < -0.4 is 0 Å². The van der Waals surface area contributed by atoms with E-state index in [4.69, 9.17) is 19.3 Å². The molecule has 0 radical (unpaired) electrons. The van der Waals surface area contributed by atoms with Gasteiger partial charge in [0.2, 0.25) is 0 Å². The molecule has 0 amide bonds. The van der Waals surface area contributed by atoms with Gasteiger partial charge in [0.1, 0.15) is 0 Å². The van der Waals surface area contributed by atoms with Crippen LogP contribution in [0.1, 0.15) is 45.4 Å². The first-order chi connectivity index (χ1) is 10.1. The first-order valence-electron chi connectivity index (χ1n) is 8.23. The lowest BCUT2D eigenvalue weighted by molar-refractivity contribution is -0.185. The Morgan fingerprint density at radius 3 is 2.62 bits per heavy atom. The van der Waals surface area contributed by atoms with Gasteiger partial charge in [0.05, 0.1) is 25.9 Å². The van der Waals surface area contributed by atoms with Gasteiger partial charge in [-0.3, -0.25) is 5.01 Å². The van der Waals surface area contributed by atoms with Crippen LogP contribution in [0.2, 0.25) is 0 Å². The summed E-state index contributed by atoms with van der Waals surface area (Å²) in [4.78, 5) is 0. The highest BCUT2D eigenvalue weighted by atomic mass is 16.7. The molecule has 0 N–H and O–H groups in total. The molecule has 1 spiro atoms. The number of hydrazone groups is 1. The first kappa shape index (κ1) is 15.3. The Balaban J connectivity index is 1.55. The van der Waals surface area contributed by atoms with E-state index in [1.165, 1.54) is 12.8 Å². The zero-order valence-electron chi connectivity index (χ0n) is 13.3. The summed E-state index contributed by atoms with van der Waals surface area (Å²) in [6, 6.07) is 0.450. The average Bonchev–Trinajstić information content (AvgIpc) is 3.12. The maximum Gasteiger partial charge on any atom is 0.168 e. The second-order valence-corrected chi connectivity index (χ2v) is 6.92. The Labute approximate surface area is 127 Å². The highest BCUT2D eigenvalue weighted by Gasteiger charge is 2.44. The van der Waals surface area contributed by atoms with Gasteiger partial charge in [-0.15, -0.1) is 0 Å². The average molecular weight is 296 g/mol. The SMILES string of the molecule is COC[C@@H]1CCCN1/N=C/C1(C)CCC2(CC1)OCCO2. The molecule has 0 bridgehead atoms. The summed E-state index contributed by atoms with van der Waals surface area (Å²) < 4.78 is 16.9. The third kappa shape index (κ3) is 3.41. The third-order valence-corrected chi connectivity index (χ3v) is 5.19. The Bertz CT molecular complexity index is 370. The molecule has 21 heavy (non-hydrogen) atoms. The molecule has 2 saturated heterocycles. The van der Waals surface area contributed by atoms with Crippen LogP contribution in [0.4, 0.5) is 0 Å². The van der Waals surface area contributed by atoms with Crippen LogP contribution in [0.15, 0.2) is 5.10 Å². The standard InChI is InChI=1S/C16H28N2O3/c1-15(5-7-16(8-6-15)20-10-11-21-16)13-17-18-9-3-4-14(18)12-19-2/h13-14H,3-12H2,1-2H3/b17-13+/t14-/m0/s1.